The predicted octanol–water partition coefficient (Wildman–Crippen LogP) is 4.56. The highest BCUT2D eigenvalue weighted by Gasteiger charge is 2.24. The average molecular weight is 319 g/mol. The zero-order valence-corrected chi connectivity index (χ0v) is 12.2. The maximum atomic E-state index is 13.2. The van der Waals surface area contributed by atoms with Crippen LogP contribution in [0.2, 0.25) is 5.02 Å². The van der Waals surface area contributed by atoms with Gasteiger partial charge in [-0.2, -0.15) is 4.98 Å². The molecule has 6 heteroatoms. The first kappa shape index (κ1) is 13.4. The summed E-state index contributed by atoms with van der Waals surface area (Å²) in [6.45, 7) is 0.559. The van der Waals surface area contributed by atoms with E-state index in [4.69, 9.17) is 20.8 Å². The largest absolute Gasteiger partial charge is 0.492 e. The third-order valence-corrected chi connectivity index (χ3v) is 3.97. The van der Waals surface area contributed by atoms with Crippen molar-refractivity contribution in [2.24, 2.45) is 0 Å². The van der Waals surface area contributed by atoms with E-state index in [1.165, 1.54) is 12.1 Å². The minimum atomic E-state index is -0.337. The van der Waals surface area contributed by atoms with Crippen LogP contribution in [0.5, 0.6) is 5.75 Å². The summed E-state index contributed by atoms with van der Waals surface area (Å²) in [7, 11) is 0. The molecular weight excluding hydrogens is 307 g/mol. The number of fused-ring (bicyclic) bond motifs is 2. The van der Waals surface area contributed by atoms with Crippen LogP contribution in [0, 0.1) is 5.82 Å². The van der Waals surface area contributed by atoms with Crippen molar-refractivity contribution in [1.29, 1.82) is 0 Å². The van der Waals surface area contributed by atoms with Gasteiger partial charge in [0.25, 0.3) is 6.01 Å². The molecule has 0 saturated heterocycles. The zero-order valence-electron chi connectivity index (χ0n) is 11.5. The molecule has 0 saturated carbocycles. The molecule has 0 radical (unpaired) electrons. The number of para-hydroxylation sites is 1. The third-order valence-electron chi connectivity index (χ3n) is 3.67. The maximum absolute atomic E-state index is 13.2. The highest BCUT2D eigenvalue weighted by molar-refractivity contribution is 6.32. The van der Waals surface area contributed by atoms with Gasteiger partial charge < -0.3 is 14.5 Å². The van der Waals surface area contributed by atoms with Crippen LogP contribution < -0.4 is 10.1 Å². The van der Waals surface area contributed by atoms with Crippen molar-refractivity contribution >= 4 is 28.7 Å². The molecule has 4 rings (SSSR count). The lowest BCUT2D eigenvalue weighted by Crippen LogP contribution is -2.20. The average Bonchev–Trinajstić information content (AvgIpc) is 2.90. The Kier molecular flexibility index (Phi) is 3.15. The molecular formula is C16H12ClFN2O2. The second kappa shape index (κ2) is 5.18. The summed E-state index contributed by atoms with van der Waals surface area (Å²) in [5.41, 5.74) is 2.00. The van der Waals surface area contributed by atoms with Crippen LogP contribution >= 0.6 is 11.6 Å². The molecule has 0 fully saturated rings. The number of hydrogen-bond donors (Lipinski definition) is 1. The highest BCUT2D eigenvalue weighted by Crippen LogP contribution is 2.39. The molecule has 0 amide bonds. The first-order valence-corrected chi connectivity index (χ1v) is 7.32. The maximum Gasteiger partial charge on any atom is 0.296 e. The number of nitrogens with one attached hydrogen (secondary N) is 1. The van der Waals surface area contributed by atoms with Gasteiger partial charge in [-0.15, -0.1) is 0 Å². The summed E-state index contributed by atoms with van der Waals surface area (Å²) >= 11 is 6.16. The van der Waals surface area contributed by atoms with E-state index in [0.29, 0.717) is 34.5 Å². The van der Waals surface area contributed by atoms with E-state index in [-0.39, 0.29) is 11.9 Å². The van der Waals surface area contributed by atoms with Crippen LogP contribution in [0.25, 0.3) is 11.1 Å². The van der Waals surface area contributed by atoms with Crippen LogP contribution in [-0.4, -0.2) is 11.6 Å². The summed E-state index contributed by atoms with van der Waals surface area (Å²) in [4.78, 5) is 4.27. The molecule has 1 aliphatic rings. The van der Waals surface area contributed by atoms with Gasteiger partial charge in [-0.25, -0.2) is 4.39 Å². The van der Waals surface area contributed by atoms with Crippen molar-refractivity contribution < 1.29 is 13.5 Å². The second-order valence-electron chi connectivity index (χ2n) is 5.12. The topological polar surface area (TPSA) is 47.3 Å². The molecule has 0 bridgehead atoms. The van der Waals surface area contributed by atoms with Crippen LogP contribution in [-0.2, 0) is 0 Å². The van der Waals surface area contributed by atoms with Gasteiger partial charge >= 0.3 is 0 Å². The van der Waals surface area contributed by atoms with E-state index in [1.54, 1.807) is 12.1 Å². The lowest BCUT2D eigenvalue weighted by Gasteiger charge is -2.26. The van der Waals surface area contributed by atoms with Gasteiger partial charge in [0.05, 0.1) is 17.7 Å². The summed E-state index contributed by atoms with van der Waals surface area (Å²) < 4.78 is 24.4. The van der Waals surface area contributed by atoms with E-state index in [9.17, 15) is 4.39 Å². The Hall–Kier alpha value is -2.27. The van der Waals surface area contributed by atoms with E-state index in [0.717, 1.165) is 12.0 Å². The van der Waals surface area contributed by atoms with Crippen LogP contribution in [0.1, 0.15) is 18.0 Å². The van der Waals surface area contributed by atoms with Crippen LogP contribution in [0.3, 0.4) is 0 Å². The van der Waals surface area contributed by atoms with Gasteiger partial charge in [-0.05, 0) is 18.2 Å². The Morgan fingerprint density at radius 3 is 3.09 bits per heavy atom. The zero-order chi connectivity index (χ0) is 15.1. The molecule has 2 aromatic carbocycles. The van der Waals surface area contributed by atoms with Gasteiger partial charge in [0.15, 0.2) is 5.58 Å². The molecule has 1 unspecified atom stereocenters. The Labute approximate surface area is 130 Å². The Bertz CT molecular complexity index is 849. The molecule has 0 spiro atoms. The van der Waals surface area contributed by atoms with Crippen molar-refractivity contribution in [3.8, 4) is 5.75 Å². The summed E-state index contributed by atoms with van der Waals surface area (Å²) in [5.74, 6) is 0.352. The smallest absolute Gasteiger partial charge is 0.296 e. The summed E-state index contributed by atoms with van der Waals surface area (Å²) in [6, 6.07) is 10.2. The molecule has 2 heterocycles. The minimum absolute atomic E-state index is 0.0136. The summed E-state index contributed by atoms with van der Waals surface area (Å²) in [5, 5.41) is 3.82. The molecule has 1 atom stereocenters. The molecule has 0 aliphatic carbocycles. The molecule has 112 valence electrons. The van der Waals surface area contributed by atoms with E-state index < -0.39 is 0 Å². The van der Waals surface area contributed by atoms with Gasteiger partial charge in [0.2, 0.25) is 0 Å². The quantitative estimate of drug-likeness (QED) is 0.752. The van der Waals surface area contributed by atoms with Crippen LogP contribution in [0.4, 0.5) is 10.4 Å². The van der Waals surface area contributed by atoms with Crippen molar-refractivity contribution in [1.82, 2.24) is 4.98 Å². The number of rotatable bonds is 2. The molecule has 4 nitrogen and oxygen atoms in total. The fraction of sp³-hybridized carbons (Fsp3) is 0.188. The Balaban J connectivity index is 1.67. The fourth-order valence-electron chi connectivity index (χ4n) is 2.65. The summed E-state index contributed by atoms with van der Waals surface area (Å²) in [6.07, 6.45) is 0.764. The standard InChI is InChI=1S/C16H12ClFN2O2/c17-11-3-1-2-10-12(6-7-21-15(10)11)19-16-20-13-8-9(18)4-5-14(13)22-16/h1-5,8,12H,6-7H2,(H,19,20). The predicted molar refractivity (Wildman–Crippen MR) is 81.9 cm³/mol. The molecule has 1 aliphatic heterocycles. The number of ether oxygens (including phenoxy) is 1. The van der Waals surface area contributed by atoms with E-state index >= 15 is 0 Å². The first-order valence-electron chi connectivity index (χ1n) is 6.94. The lowest BCUT2D eigenvalue weighted by atomic mass is 10.0. The Morgan fingerprint density at radius 2 is 2.18 bits per heavy atom. The minimum Gasteiger partial charge on any atom is -0.492 e. The van der Waals surface area contributed by atoms with E-state index in [2.05, 4.69) is 10.3 Å². The Morgan fingerprint density at radius 1 is 1.27 bits per heavy atom. The van der Waals surface area contributed by atoms with Gasteiger partial charge in [0.1, 0.15) is 17.1 Å². The van der Waals surface area contributed by atoms with Gasteiger partial charge in [0, 0.05) is 18.1 Å². The van der Waals surface area contributed by atoms with E-state index in [1.807, 2.05) is 12.1 Å². The highest BCUT2D eigenvalue weighted by atomic mass is 35.5. The van der Waals surface area contributed by atoms with Crippen LogP contribution in [0.15, 0.2) is 40.8 Å². The lowest BCUT2D eigenvalue weighted by molar-refractivity contribution is 0.273. The number of hydrogen-bond acceptors (Lipinski definition) is 4. The van der Waals surface area contributed by atoms with Crippen molar-refractivity contribution in [3.63, 3.8) is 0 Å². The number of nitrogens with zero attached hydrogens (tertiary/aromatic N) is 1. The first-order chi connectivity index (χ1) is 10.7. The number of aromatic nitrogens is 1. The molecule has 3 aromatic rings. The molecule has 22 heavy (non-hydrogen) atoms. The van der Waals surface area contributed by atoms with Crippen molar-refractivity contribution in [2.45, 2.75) is 12.5 Å². The SMILES string of the molecule is Fc1ccc2oc(NC3CCOc4c(Cl)cccc43)nc2c1. The third kappa shape index (κ3) is 2.27. The van der Waals surface area contributed by atoms with Gasteiger partial charge in [-0.1, -0.05) is 23.7 Å². The molecule has 1 N–H and O–H groups in total. The molecule has 1 aromatic heterocycles. The monoisotopic (exact) mass is 318 g/mol. The number of oxazole rings is 1. The number of halogens is 2. The number of benzene rings is 2. The second-order valence-corrected chi connectivity index (χ2v) is 5.53. The fourth-order valence-corrected chi connectivity index (χ4v) is 2.88. The van der Waals surface area contributed by atoms with Crippen molar-refractivity contribution in [2.75, 3.05) is 11.9 Å². The normalized spacial score (nSPS) is 17.1. The van der Waals surface area contributed by atoms with Gasteiger partial charge in [-0.3, -0.25) is 0 Å². The van der Waals surface area contributed by atoms with Crippen molar-refractivity contribution in [3.05, 3.63) is 52.8 Å². The number of anilines is 1.